The van der Waals surface area contributed by atoms with Crippen LogP contribution in [0.3, 0.4) is 0 Å². The van der Waals surface area contributed by atoms with Gasteiger partial charge >= 0.3 is 5.97 Å². The van der Waals surface area contributed by atoms with Crippen molar-refractivity contribution in [1.29, 1.82) is 0 Å². The Morgan fingerprint density at radius 3 is 2.65 bits per heavy atom. The smallest absolute Gasteiger partial charge is 0.308 e. The van der Waals surface area contributed by atoms with Gasteiger partial charge in [-0.2, -0.15) is 0 Å². The molecule has 0 bridgehead atoms. The lowest BCUT2D eigenvalue weighted by molar-refractivity contribution is -0.156. The van der Waals surface area contributed by atoms with E-state index in [1.54, 1.807) is 13.2 Å². The maximum absolute atomic E-state index is 11.9. The summed E-state index contributed by atoms with van der Waals surface area (Å²) in [7, 11) is 1.60. The van der Waals surface area contributed by atoms with Crippen LogP contribution >= 0.6 is 0 Å². The van der Waals surface area contributed by atoms with Gasteiger partial charge in [-0.25, -0.2) is 0 Å². The predicted molar refractivity (Wildman–Crippen MR) is 88.9 cm³/mol. The summed E-state index contributed by atoms with van der Waals surface area (Å²) in [5, 5.41) is 20.5. The zero-order chi connectivity index (χ0) is 17.6. The second-order valence-corrected chi connectivity index (χ2v) is 6.66. The lowest BCUT2D eigenvalue weighted by Crippen LogP contribution is -2.40. The minimum atomic E-state index is -1.53. The van der Waals surface area contributed by atoms with Crippen LogP contribution in [0.4, 0.5) is 0 Å². The molecule has 5 atom stereocenters. The first-order valence-electron chi connectivity index (χ1n) is 8.16. The summed E-state index contributed by atoms with van der Waals surface area (Å²) < 4.78 is 10.8. The normalized spacial score (nSPS) is 39.1. The van der Waals surface area contributed by atoms with Crippen LogP contribution in [-0.2, 0) is 14.3 Å². The number of methoxy groups -OCH3 is 1. The van der Waals surface area contributed by atoms with Crippen LogP contribution in [0.2, 0.25) is 0 Å². The fraction of sp³-hybridized carbons (Fsp3) is 0.722. The minimum Gasteiger partial charge on any atom is -0.462 e. The maximum Gasteiger partial charge on any atom is 0.308 e. The van der Waals surface area contributed by atoms with E-state index in [0.717, 1.165) is 18.4 Å². The Hall–Kier alpha value is -1.17. The summed E-state index contributed by atoms with van der Waals surface area (Å²) in [5.74, 6) is -0.294. The first kappa shape index (κ1) is 19.9. The molecule has 1 rings (SSSR count). The highest BCUT2D eigenvalue weighted by atomic mass is 16.5. The highest BCUT2D eigenvalue weighted by Gasteiger charge is 2.31. The van der Waals surface area contributed by atoms with Crippen molar-refractivity contribution in [3.8, 4) is 0 Å². The van der Waals surface area contributed by atoms with Crippen LogP contribution in [0, 0.1) is 5.92 Å². The molecule has 1 unspecified atom stereocenters. The number of ether oxygens (including phenoxy) is 2. The largest absolute Gasteiger partial charge is 0.462 e. The van der Waals surface area contributed by atoms with Crippen LogP contribution in [-0.4, -0.2) is 47.2 Å². The van der Waals surface area contributed by atoms with Crippen LogP contribution in [0.1, 0.15) is 47.0 Å². The van der Waals surface area contributed by atoms with Crippen molar-refractivity contribution in [1.82, 2.24) is 0 Å². The summed E-state index contributed by atoms with van der Waals surface area (Å²) >= 11 is 0. The molecule has 0 aromatic rings. The van der Waals surface area contributed by atoms with Crippen LogP contribution in [0.25, 0.3) is 0 Å². The molecular formula is C18H30O5. The molecule has 23 heavy (non-hydrogen) atoms. The Morgan fingerprint density at radius 2 is 2.04 bits per heavy atom. The number of cyclic esters (lactones) is 1. The predicted octanol–water partition coefficient (Wildman–Crippen LogP) is 2.37. The minimum absolute atomic E-state index is 0.208. The number of aliphatic hydroxyl groups is 2. The number of allylic oxidation sites excluding steroid dienone is 1. The third-order valence-corrected chi connectivity index (χ3v) is 4.55. The lowest BCUT2D eigenvalue weighted by atomic mass is 9.93. The SMILES string of the molecule is CO[C@H]1/C=C/[C@@](C)(O)C(O)CC(=O)O[C@H](C)[C@H](C)CCC=C1C. The number of carbonyl (C=O) groups excluding carboxylic acids is 1. The number of esters is 1. The molecule has 0 aromatic carbocycles. The molecule has 1 heterocycles. The van der Waals surface area contributed by atoms with Crippen LogP contribution < -0.4 is 0 Å². The second kappa shape index (κ2) is 8.62. The third kappa shape index (κ3) is 6.09. The first-order chi connectivity index (χ1) is 10.7. The van der Waals surface area contributed by atoms with Gasteiger partial charge < -0.3 is 19.7 Å². The molecule has 0 radical (unpaired) electrons. The lowest BCUT2D eigenvalue weighted by Gasteiger charge is -2.27. The van der Waals surface area contributed by atoms with Gasteiger partial charge in [-0.15, -0.1) is 0 Å². The third-order valence-electron chi connectivity index (χ3n) is 4.55. The monoisotopic (exact) mass is 326 g/mol. The van der Waals surface area contributed by atoms with E-state index in [4.69, 9.17) is 9.47 Å². The zero-order valence-electron chi connectivity index (χ0n) is 14.8. The van der Waals surface area contributed by atoms with Gasteiger partial charge in [-0.05, 0) is 45.1 Å². The molecule has 0 spiro atoms. The van der Waals surface area contributed by atoms with Crippen molar-refractivity contribution in [2.24, 2.45) is 5.92 Å². The molecule has 5 heteroatoms. The average molecular weight is 326 g/mol. The topological polar surface area (TPSA) is 76.0 Å². The Morgan fingerprint density at radius 1 is 1.39 bits per heavy atom. The molecule has 1 aliphatic rings. The summed E-state index contributed by atoms with van der Waals surface area (Å²) in [6, 6.07) is 0. The fourth-order valence-electron chi connectivity index (χ4n) is 2.47. The molecule has 1 aliphatic heterocycles. The number of rotatable bonds is 1. The van der Waals surface area contributed by atoms with Gasteiger partial charge in [0, 0.05) is 7.11 Å². The van der Waals surface area contributed by atoms with E-state index in [2.05, 4.69) is 6.08 Å². The average Bonchev–Trinajstić information content (AvgIpc) is 2.46. The van der Waals surface area contributed by atoms with E-state index >= 15 is 0 Å². The molecule has 5 nitrogen and oxygen atoms in total. The number of carbonyl (C=O) groups is 1. The van der Waals surface area contributed by atoms with Gasteiger partial charge in [-0.1, -0.05) is 25.2 Å². The van der Waals surface area contributed by atoms with E-state index in [9.17, 15) is 15.0 Å². The van der Waals surface area contributed by atoms with Crippen molar-refractivity contribution in [3.63, 3.8) is 0 Å². The molecule has 0 amide bonds. The van der Waals surface area contributed by atoms with Crippen molar-refractivity contribution >= 4 is 5.97 Å². The Labute approximate surface area is 139 Å². The summed E-state index contributed by atoms with van der Waals surface area (Å²) in [6.45, 7) is 7.33. The molecule has 0 saturated carbocycles. The van der Waals surface area contributed by atoms with Crippen molar-refractivity contribution in [2.75, 3.05) is 7.11 Å². The molecule has 2 N–H and O–H groups in total. The number of hydrogen-bond acceptors (Lipinski definition) is 5. The Kier molecular flexibility index (Phi) is 7.45. The van der Waals surface area contributed by atoms with Gasteiger partial charge in [0.25, 0.3) is 0 Å². The van der Waals surface area contributed by atoms with Gasteiger partial charge in [0.05, 0.1) is 18.6 Å². The van der Waals surface area contributed by atoms with Gasteiger partial charge in [-0.3, -0.25) is 4.79 Å². The second-order valence-electron chi connectivity index (χ2n) is 6.66. The van der Waals surface area contributed by atoms with E-state index in [0.29, 0.717) is 0 Å². The van der Waals surface area contributed by atoms with E-state index in [-0.39, 0.29) is 24.5 Å². The molecule has 0 aromatic heterocycles. The molecule has 0 aliphatic carbocycles. The van der Waals surface area contributed by atoms with Gasteiger partial charge in [0.2, 0.25) is 0 Å². The number of hydrogen-bond donors (Lipinski definition) is 2. The summed E-state index contributed by atoms with van der Waals surface area (Å²) in [6.07, 6.45) is 5.06. The number of aliphatic hydroxyl groups excluding tert-OH is 1. The quantitative estimate of drug-likeness (QED) is 0.571. The van der Waals surface area contributed by atoms with Crippen molar-refractivity contribution in [3.05, 3.63) is 23.8 Å². The molecule has 0 fully saturated rings. The fourth-order valence-corrected chi connectivity index (χ4v) is 2.47. The Balaban J connectivity index is 3.04. The standard InChI is InChI=1S/C18H30O5/c1-12-7-6-8-13(2)15(22-5)9-10-18(4,21)16(19)11-17(20)23-14(12)3/h8-10,12,14-16,19,21H,6-7,11H2,1-5H3/b10-9+,13-8?/t12-,14-,15+,16?,18-/m1/s1. The Bertz CT molecular complexity index is 452. The van der Waals surface area contributed by atoms with E-state index in [1.165, 1.54) is 13.0 Å². The van der Waals surface area contributed by atoms with Gasteiger partial charge in [0.1, 0.15) is 11.7 Å². The zero-order valence-corrected chi connectivity index (χ0v) is 14.8. The highest BCUT2D eigenvalue weighted by Crippen LogP contribution is 2.21. The first-order valence-corrected chi connectivity index (χ1v) is 8.16. The summed E-state index contributed by atoms with van der Waals surface area (Å²) in [4.78, 5) is 11.9. The van der Waals surface area contributed by atoms with Gasteiger partial charge in [0.15, 0.2) is 0 Å². The van der Waals surface area contributed by atoms with Crippen molar-refractivity contribution in [2.45, 2.75) is 70.9 Å². The van der Waals surface area contributed by atoms with E-state index in [1.807, 2.05) is 20.8 Å². The van der Waals surface area contributed by atoms with Crippen LogP contribution in [0.5, 0.6) is 0 Å². The van der Waals surface area contributed by atoms with Crippen molar-refractivity contribution < 1.29 is 24.5 Å². The molecular weight excluding hydrogens is 296 g/mol. The molecule has 132 valence electrons. The maximum atomic E-state index is 11.9. The van der Waals surface area contributed by atoms with E-state index < -0.39 is 17.7 Å². The summed E-state index contributed by atoms with van der Waals surface area (Å²) in [5.41, 5.74) is -0.488. The van der Waals surface area contributed by atoms with Crippen LogP contribution in [0.15, 0.2) is 23.8 Å². The highest BCUT2D eigenvalue weighted by molar-refractivity contribution is 5.70. The molecule has 0 saturated heterocycles.